The molecule has 2 aromatic carbocycles. The molecule has 0 N–H and O–H groups in total. The molecule has 0 spiro atoms. The van der Waals surface area contributed by atoms with Gasteiger partial charge in [-0.15, -0.1) is 0 Å². The molecule has 1 aliphatic rings. The quantitative estimate of drug-likeness (QED) is 0.682. The summed E-state index contributed by atoms with van der Waals surface area (Å²) in [5.74, 6) is 0.456. The Morgan fingerprint density at radius 3 is 2.41 bits per heavy atom. The smallest absolute Gasteiger partial charge is 0.0409 e. The van der Waals surface area contributed by atoms with E-state index in [0.29, 0.717) is 5.92 Å². The highest BCUT2D eigenvalue weighted by atomic mass is 35.5. The van der Waals surface area contributed by atoms with E-state index in [9.17, 15) is 0 Å². The summed E-state index contributed by atoms with van der Waals surface area (Å²) in [5, 5.41) is 0.830. The van der Waals surface area contributed by atoms with Gasteiger partial charge in [-0.3, -0.25) is 0 Å². The summed E-state index contributed by atoms with van der Waals surface area (Å²) < 4.78 is 0. The van der Waals surface area contributed by atoms with E-state index in [1.807, 2.05) is 6.07 Å². The molecule has 1 aliphatic heterocycles. The molecule has 0 saturated heterocycles. The van der Waals surface area contributed by atoms with E-state index in [2.05, 4.69) is 67.6 Å². The molecule has 114 valence electrons. The van der Waals surface area contributed by atoms with Crippen LogP contribution in [0.5, 0.6) is 0 Å². The van der Waals surface area contributed by atoms with Crippen LogP contribution in [0.15, 0.2) is 73.8 Å². The predicted molar refractivity (Wildman–Crippen MR) is 96.5 cm³/mol. The number of halogens is 1. The van der Waals surface area contributed by atoms with Crippen LogP contribution in [0.25, 0.3) is 0 Å². The van der Waals surface area contributed by atoms with Gasteiger partial charge in [0.25, 0.3) is 0 Å². The molecule has 0 aromatic heterocycles. The summed E-state index contributed by atoms with van der Waals surface area (Å²) in [6, 6.07) is 17.0. The normalized spacial score (nSPS) is 16.9. The maximum atomic E-state index is 6.10. The maximum Gasteiger partial charge on any atom is 0.0409 e. The van der Waals surface area contributed by atoms with Crippen LogP contribution in [0.3, 0.4) is 0 Å². The molecule has 2 heteroatoms. The second-order valence-electron chi connectivity index (χ2n) is 5.47. The van der Waals surface area contributed by atoms with E-state index >= 15 is 0 Å². The van der Waals surface area contributed by atoms with E-state index < -0.39 is 0 Å². The third-order valence-corrected chi connectivity index (χ3v) is 4.02. The van der Waals surface area contributed by atoms with Gasteiger partial charge in [-0.1, -0.05) is 73.3 Å². The summed E-state index contributed by atoms with van der Waals surface area (Å²) in [7, 11) is 2.17. The standard InChI is InChI=1S/C16H16ClN.C4H6/c1-18-10-13-9-14(17)7-8-15(13)16(11-18)12-5-3-2-4-6-12;1-3-4-2/h2-9,16H,10-11H2,1H3;3-4H,1-2H2/t16-;/m0./s1. The van der Waals surface area contributed by atoms with Crippen molar-refractivity contribution in [2.45, 2.75) is 12.5 Å². The van der Waals surface area contributed by atoms with Crippen molar-refractivity contribution in [3.05, 3.63) is 95.6 Å². The van der Waals surface area contributed by atoms with Crippen molar-refractivity contribution in [2.24, 2.45) is 0 Å². The van der Waals surface area contributed by atoms with Crippen molar-refractivity contribution in [2.75, 3.05) is 13.6 Å². The van der Waals surface area contributed by atoms with Crippen molar-refractivity contribution >= 4 is 11.6 Å². The summed E-state index contributed by atoms with van der Waals surface area (Å²) >= 11 is 6.10. The first-order chi connectivity index (χ1) is 10.7. The molecule has 1 nitrogen and oxygen atoms in total. The van der Waals surface area contributed by atoms with Crippen molar-refractivity contribution in [1.29, 1.82) is 0 Å². The van der Waals surface area contributed by atoms with E-state index in [1.165, 1.54) is 16.7 Å². The Labute approximate surface area is 138 Å². The van der Waals surface area contributed by atoms with Gasteiger partial charge in [0.15, 0.2) is 0 Å². The molecule has 0 unspecified atom stereocenters. The number of nitrogens with zero attached hydrogens (tertiary/aromatic N) is 1. The lowest BCUT2D eigenvalue weighted by molar-refractivity contribution is 0.295. The molecule has 0 radical (unpaired) electrons. The number of allylic oxidation sites excluding steroid dienone is 2. The molecular weight excluding hydrogens is 290 g/mol. The summed E-state index contributed by atoms with van der Waals surface area (Å²) in [5.41, 5.74) is 4.15. The topological polar surface area (TPSA) is 3.24 Å². The summed E-state index contributed by atoms with van der Waals surface area (Å²) in [4.78, 5) is 2.36. The number of benzene rings is 2. The lowest BCUT2D eigenvalue weighted by atomic mass is 9.85. The molecule has 3 rings (SSSR count). The van der Waals surface area contributed by atoms with E-state index in [4.69, 9.17) is 11.6 Å². The van der Waals surface area contributed by atoms with Crippen molar-refractivity contribution < 1.29 is 0 Å². The Hall–Kier alpha value is -1.83. The molecule has 0 fully saturated rings. The minimum atomic E-state index is 0.456. The van der Waals surface area contributed by atoms with Crippen LogP contribution in [-0.4, -0.2) is 18.5 Å². The van der Waals surface area contributed by atoms with Crippen LogP contribution in [0.4, 0.5) is 0 Å². The van der Waals surface area contributed by atoms with Crippen LogP contribution < -0.4 is 0 Å². The SMILES string of the molecule is C=CC=C.CN1Cc2cc(Cl)ccc2[C@H](c2ccccc2)C1. The number of hydrogen-bond donors (Lipinski definition) is 0. The van der Waals surface area contributed by atoms with Crippen LogP contribution in [0.1, 0.15) is 22.6 Å². The molecule has 0 amide bonds. The Balaban J connectivity index is 0.000000396. The second-order valence-corrected chi connectivity index (χ2v) is 5.91. The predicted octanol–water partition coefficient (Wildman–Crippen LogP) is 5.28. The van der Waals surface area contributed by atoms with Gasteiger partial charge in [-0.2, -0.15) is 0 Å². The average molecular weight is 312 g/mol. The van der Waals surface area contributed by atoms with E-state index in [1.54, 1.807) is 12.2 Å². The highest BCUT2D eigenvalue weighted by Crippen LogP contribution is 2.34. The fourth-order valence-corrected chi connectivity index (χ4v) is 2.98. The van der Waals surface area contributed by atoms with Crippen LogP contribution in [-0.2, 0) is 6.54 Å². The fraction of sp³-hybridized carbons (Fsp3) is 0.200. The second kappa shape index (κ2) is 7.98. The third-order valence-electron chi connectivity index (χ3n) is 3.78. The molecule has 2 aromatic rings. The largest absolute Gasteiger partial charge is 0.301 e. The summed E-state index contributed by atoms with van der Waals surface area (Å²) in [6.45, 7) is 8.78. The summed E-state index contributed by atoms with van der Waals surface area (Å²) in [6.07, 6.45) is 3.28. The van der Waals surface area contributed by atoms with Crippen molar-refractivity contribution in [3.63, 3.8) is 0 Å². The van der Waals surface area contributed by atoms with Gasteiger partial charge >= 0.3 is 0 Å². The molecule has 1 atom stereocenters. The van der Waals surface area contributed by atoms with Crippen molar-refractivity contribution in [3.8, 4) is 0 Å². The van der Waals surface area contributed by atoms with Gasteiger partial charge in [0, 0.05) is 24.0 Å². The van der Waals surface area contributed by atoms with Gasteiger partial charge in [0.1, 0.15) is 0 Å². The Kier molecular flexibility index (Phi) is 6.00. The average Bonchev–Trinajstić information content (AvgIpc) is 2.54. The lowest BCUT2D eigenvalue weighted by Crippen LogP contribution is -2.30. The molecule has 0 aliphatic carbocycles. The minimum Gasteiger partial charge on any atom is -0.301 e. The zero-order valence-electron chi connectivity index (χ0n) is 13.0. The Morgan fingerprint density at radius 2 is 1.77 bits per heavy atom. The maximum absolute atomic E-state index is 6.10. The molecule has 22 heavy (non-hydrogen) atoms. The molecule has 0 saturated carbocycles. The fourth-order valence-electron chi connectivity index (χ4n) is 2.79. The van der Waals surface area contributed by atoms with E-state index in [-0.39, 0.29) is 0 Å². The lowest BCUT2D eigenvalue weighted by Gasteiger charge is -2.32. The first-order valence-corrected chi connectivity index (χ1v) is 7.78. The highest BCUT2D eigenvalue weighted by molar-refractivity contribution is 6.30. The first kappa shape index (κ1) is 16.5. The van der Waals surface area contributed by atoms with Crippen LogP contribution >= 0.6 is 11.6 Å². The van der Waals surface area contributed by atoms with Gasteiger partial charge in [0.05, 0.1) is 0 Å². The molecule has 0 bridgehead atoms. The van der Waals surface area contributed by atoms with E-state index in [0.717, 1.165) is 18.1 Å². The molecule has 1 heterocycles. The first-order valence-electron chi connectivity index (χ1n) is 7.41. The van der Waals surface area contributed by atoms with Gasteiger partial charge < -0.3 is 4.90 Å². The minimum absolute atomic E-state index is 0.456. The zero-order valence-corrected chi connectivity index (χ0v) is 13.8. The molecular formula is C20H22ClN. The number of fused-ring (bicyclic) bond motifs is 1. The monoisotopic (exact) mass is 311 g/mol. The van der Waals surface area contributed by atoms with Gasteiger partial charge in [-0.25, -0.2) is 0 Å². The van der Waals surface area contributed by atoms with Crippen molar-refractivity contribution in [1.82, 2.24) is 4.90 Å². The number of rotatable bonds is 2. The van der Waals surface area contributed by atoms with Gasteiger partial charge in [0.2, 0.25) is 0 Å². The van der Waals surface area contributed by atoms with Gasteiger partial charge in [-0.05, 0) is 35.9 Å². The zero-order chi connectivity index (χ0) is 15.9. The van der Waals surface area contributed by atoms with Crippen LogP contribution in [0, 0.1) is 0 Å². The number of hydrogen-bond acceptors (Lipinski definition) is 1. The Morgan fingerprint density at radius 1 is 1.09 bits per heavy atom. The highest BCUT2D eigenvalue weighted by Gasteiger charge is 2.24. The third kappa shape index (κ3) is 4.09. The Bertz CT molecular complexity index is 627. The van der Waals surface area contributed by atoms with Crippen LogP contribution in [0.2, 0.25) is 5.02 Å². The number of likely N-dealkylation sites (N-methyl/N-ethyl adjacent to an activating group) is 1.